The van der Waals surface area contributed by atoms with E-state index in [1.54, 1.807) is 6.92 Å². The van der Waals surface area contributed by atoms with Crippen LogP contribution in [0.2, 0.25) is 0 Å². The molecule has 1 aromatic rings. The molecule has 1 aromatic heterocycles. The van der Waals surface area contributed by atoms with E-state index in [2.05, 4.69) is 4.98 Å². The molecule has 0 aliphatic rings. The van der Waals surface area contributed by atoms with Crippen LogP contribution in [0, 0.1) is 0 Å². The molecule has 96 valence electrons. The lowest BCUT2D eigenvalue weighted by Gasteiger charge is -2.21. The zero-order chi connectivity index (χ0) is 13.1. The molecule has 0 bridgehead atoms. The highest BCUT2D eigenvalue weighted by Crippen LogP contribution is 2.28. The quantitative estimate of drug-likeness (QED) is 0.768. The third-order valence-electron chi connectivity index (χ3n) is 2.18. The van der Waals surface area contributed by atoms with Crippen LogP contribution >= 0.6 is 11.3 Å². The molecule has 0 saturated heterocycles. The second-order valence-corrected chi connectivity index (χ2v) is 4.42. The third-order valence-corrected chi connectivity index (χ3v) is 3.26. The molecule has 17 heavy (non-hydrogen) atoms. The van der Waals surface area contributed by atoms with Crippen molar-refractivity contribution >= 4 is 22.8 Å². The molecule has 3 nitrogen and oxygen atoms in total. The number of hydrogen-bond acceptors (Lipinski definition) is 4. The van der Waals surface area contributed by atoms with Crippen LogP contribution in [-0.4, -0.2) is 30.5 Å². The van der Waals surface area contributed by atoms with E-state index >= 15 is 0 Å². The van der Waals surface area contributed by atoms with E-state index in [1.165, 1.54) is 0 Å². The fourth-order valence-electron chi connectivity index (χ4n) is 1.36. The van der Waals surface area contributed by atoms with Crippen LogP contribution in [0.5, 0.6) is 0 Å². The van der Waals surface area contributed by atoms with Crippen LogP contribution in [0.4, 0.5) is 18.3 Å². The highest BCUT2D eigenvalue weighted by Gasteiger charge is 2.31. The number of aldehydes is 1. The van der Waals surface area contributed by atoms with Gasteiger partial charge in [-0.05, 0) is 13.3 Å². The number of rotatable bonds is 5. The van der Waals surface area contributed by atoms with Gasteiger partial charge in [0, 0.05) is 6.54 Å². The molecule has 0 radical (unpaired) electrons. The Labute approximate surface area is 101 Å². The molecule has 0 aliphatic carbocycles. The second kappa shape index (κ2) is 5.48. The monoisotopic (exact) mass is 266 g/mol. The van der Waals surface area contributed by atoms with Crippen molar-refractivity contribution < 1.29 is 18.0 Å². The predicted octanol–water partition coefficient (Wildman–Crippen LogP) is 2.91. The summed E-state index contributed by atoms with van der Waals surface area (Å²) in [6.07, 6.45) is -3.09. The SMILES string of the molecule is CCc1nc(N(CC)CC(F)(F)F)sc1C=O. The Hall–Kier alpha value is -1.11. The van der Waals surface area contributed by atoms with Crippen molar-refractivity contribution in [3.05, 3.63) is 10.6 Å². The molecule has 0 aliphatic heterocycles. The Kier molecular flexibility index (Phi) is 4.50. The number of thiazole rings is 1. The number of aryl methyl sites for hydroxylation is 1. The van der Waals surface area contributed by atoms with E-state index < -0.39 is 12.7 Å². The molecular weight excluding hydrogens is 253 g/mol. The molecule has 0 atom stereocenters. The molecule has 0 aromatic carbocycles. The largest absolute Gasteiger partial charge is 0.406 e. The van der Waals surface area contributed by atoms with Gasteiger partial charge in [-0.15, -0.1) is 0 Å². The summed E-state index contributed by atoms with van der Waals surface area (Å²) in [6.45, 7) is 2.60. The summed E-state index contributed by atoms with van der Waals surface area (Å²) in [5, 5.41) is 0.253. The van der Waals surface area contributed by atoms with Gasteiger partial charge in [0.25, 0.3) is 0 Å². The third kappa shape index (κ3) is 3.69. The zero-order valence-electron chi connectivity index (χ0n) is 9.54. The Morgan fingerprint density at radius 1 is 1.41 bits per heavy atom. The summed E-state index contributed by atoms with van der Waals surface area (Å²) in [5.74, 6) is 0. The Balaban J connectivity index is 2.96. The lowest BCUT2D eigenvalue weighted by molar-refractivity contribution is -0.119. The van der Waals surface area contributed by atoms with Crippen molar-refractivity contribution in [3.8, 4) is 0 Å². The van der Waals surface area contributed by atoms with E-state index in [9.17, 15) is 18.0 Å². The lowest BCUT2D eigenvalue weighted by atomic mass is 10.3. The van der Waals surface area contributed by atoms with Gasteiger partial charge >= 0.3 is 6.18 Å². The van der Waals surface area contributed by atoms with Crippen LogP contribution in [0.25, 0.3) is 0 Å². The van der Waals surface area contributed by atoms with Gasteiger partial charge in [-0.2, -0.15) is 13.2 Å². The average Bonchev–Trinajstić information content (AvgIpc) is 2.67. The molecule has 1 rings (SSSR count). The minimum Gasteiger partial charge on any atom is -0.339 e. The number of alkyl halides is 3. The number of halogens is 3. The Morgan fingerprint density at radius 3 is 2.41 bits per heavy atom. The number of anilines is 1. The van der Waals surface area contributed by atoms with E-state index in [-0.39, 0.29) is 11.7 Å². The summed E-state index contributed by atoms with van der Waals surface area (Å²) in [6, 6.07) is 0. The molecule has 0 fully saturated rings. The maximum atomic E-state index is 12.3. The van der Waals surface area contributed by atoms with Crippen molar-refractivity contribution in [3.63, 3.8) is 0 Å². The van der Waals surface area contributed by atoms with Crippen molar-refractivity contribution in [2.45, 2.75) is 26.4 Å². The standard InChI is InChI=1S/C10H13F3N2OS/c1-3-7-8(5-16)17-9(14-7)15(4-2)6-10(11,12)13/h5H,3-4,6H2,1-2H3. The first-order chi connectivity index (χ1) is 7.91. The van der Waals surface area contributed by atoms with Gasteiger partial charge in [0.05, 0.1) is 10.6 Å². The summed E-state index contributed by atoms with van der Waals surface area (Å²) < 4.78 is 36.9. The van der Waals surface area contributed by atoms with Gasteiger partial charge in [-0.25, -0.2) is 4.98 Å². The average molecular weight is 266 g/mol. The van der Waals surface area contributed by atoms with Crippen molar-refractivity contribution in [2.75, 3.05) is 18.0 Å². The Morgan fingerprint density at radius 2 is 2.06 bits per heavy atom. The molecule has 0 amide bonds. The summed E-state index contributed by atoms with van der Waals surface area (Å²) in [4.78, 5) is 16.3. The van der Waals surface area contributed by atoms with Gasteiger partial charge in [-0.1, -0.05) is 18.3 Å². The molecule has 7 heteroatoms. The van der Waals surface area contributed by atoms with E-state index in [0.29, 0.717) is 23.3 Å². The van der Waals surface area contributed by atoms with Gasteiger partial charge in [-0.3, -0.25) is 4.79 Å². The minimum absolute atomic E-state index is 0.203. The minimum atomic E-state index is -4.27. The fraction of sp³-hybridized carbons (Fsp3) is 0.600. The second-order valence-electron chi connectivity index (χ2n) is 3.41. The van der Waals surface area contributed by atoms with Crippen LogP contribution in [0.1, 0.15) is 29.2 Å². The van der Waals surface area contributed by atoms with Crippen LogP contribution in [0.15, 0.2) is 0 Å². The number of hydrogen-bond donors (Lipinski definition) is 0. The first-order valence-corrected chi connectivity index (χ1v) is 5.99. The maximum absolute atomic E-state index is 12.3. The summed E-state index contributed by atoms with van der Waals surface area (Å²) in [7, 11) is 0. The van der Waals surface area contributed by atoms with Crippen molar-refractivity contribution in [1.29, 1.82) is 0 Å². The van der Waals surface area contributed by atoms with Gasteiger partial charge < -0.3 is 4.90 Å². The summed E-state index contributed by atoms with van der Waals surface area (Å²) >= 11 is 1.00. The maximum Gasteiger partial charge on any atom is 0.406 e. The van der Waals surface area contributed by atoms with Gasteiger partial charge in [0.1, 0.15) is 6.54 Å². The topological polar surface area (TPSA) is 33.2 Å². The highest BCUT2D eigenvalue weighted by atomic mass is 32.1. The van der Waals surface area contributed by atoms with Gasteiger partial charge in [0.15, 0.2) is 11.4 Å². The lowest BCUT2D eigenvalue weighted by Crippen LogP contribution is -2.34. The van der Waals surface area contributed by atoms with Crippen LogP contribution in [0.3, 0.4) is 0 Å². The number of nitrogens with zero attached hydrogens (tertiary/aromatic N) is 2. The molecule has 1 heterocycles. The molecule has 0 saturated carbocycles. The van der Waals surface area contributed by atoms with E-state index in [4.69, 9.17) is 0 Å². The van der Waals surface area contributed by atoms with Crippen LogP contribution in [-0.2, 0) is 6.42 Å². The van der Waals surface area contributed by atoms with E-state index in [1.807, 2.05) is 6.92 Å². The fourth-order valence-corrected chi connectivity index (χ4v) is 2.39. The number of aromatic nitrogens is 1. The van der Waals surface area contributed by atoms with Gasteiger partial charge in [0.2, 0.25) is 0 Å². The molecule has 0 spiro atoms. The first kappa shape index (κ1) is 14.0. The molecule has 0 N–H and O–H groups in total. The smallest absolute Gasteiger partial charge is 0.339 e. The highest BCUT2D eigenvalue weighted by molar-refractivity contribution is 7.17. The van der Waals surface area contributed by atoms with E-state index in [0.717, 1.165) is 16.2 Å². The van der Waals surface area contributed by atoms with Crippen molar-refractivity contribution in [2.24, 2.45) is 0 Å². The normalized spacial score (nSPS) is 11.6. The van der Waals surface area contributed by atoms with Crippen molar-refractivity contribution in [1.82, 2.24) is 4.98 Å². The first-order valence-electron chi connectivity index (χ1n) is 5.17. The number of carbonyl (C=O) groups excluding carboxylic acids is 1. The molecule has 0 unspecified atom stereocenters. The Bertz CT molecular complexity index is 389. The number of carbonyl (C=O) groups is 1. The summed E-state index contributed by atoms with van der Waals surface area (Å²) in [5.41, 5.74) is 0.556. The predicted molar refractivity (Wildman–Crippen MR) is 60.8 cm³/mol. The zero-order valence-corrected chi connectivity index (χ0v) is 10.4. The van der Waals surface area contributed by atoms with Crippen LogP contribution < -0.4 is 4.90 Å². The molecular formula is C10H13F3N2OS.